The van der Waals surface area contributed by atoms with Crippen molar-refractivity contribution in [2.75, 3.05) is 6.61 Å². The van der Waals surface area contributed by atoms with Crippen molar-refractivity contribution >= 4 is 63.3 Å². The van der Waals surface area contributed by atoms with Crippen molar-refractivity contribution in [3.05, 3.63) is 67.7 Å². The van der Waals surface area contributed by atoms with Gasteiger partial charge in [-0.25, -0.2) is 4.79 Å². The van der Waals surface area contributed by atoms with Crippen LogP contribution < -0.4 is 0 Å². The fraction of sp³-hybridized carbons (Fsp3) is 0.167. The van der Waals surface area contributed by atoms with E-state index in [1.807, 2.05) is 10.6 Å². The van der Waals surface area contributed by atoms with E-state index in [9.17, 15) is 4.79 Å². The average Bonchev–Trinajstić information content (AvgIpc) is 2.89. The SMILES string of the molecule is CCOC(=O)c1cc2cc(Cl)c(Cl)cc2n1Cc1ccc(Cl)c(Cl)c1. The Hall–Kier alpha value is -1.39. The van der Waals surface area contributed by atoms with Crippen LogP contribution >= 0.6 is 46.4 Å². The van der Waals surface area contributed by atoms with E-state index in [0.717, 1.165) is 16.5 Å². The molecule has 3 aromatic rings. The first kappa shape index (κ1) is 18.4. The van der Waals surface area contributed by atoms with E-state index in [4.69, 9.17) is 51.1 Å². The lowest BCUT2D eigenvalue weighted by molar-refractivity contribution is 0.0515. The minimum atomic E-state index is -0.411. The van der Waals surface area contributed by atoms with Crippen molar-refractivity contribution in [1.29, 1.82) is 0 Å². The molecule has 0 fully saturated rings. The van der Waals surface area contributed by atoms with E-state index in [-0.39, 0.29) is 6.61 Å². The lowest BCUT2D eigenvalue weighted by atomic mass is 10.2. The molecule has 7 heteroatoms. The Labute approximate surface area is 165 Å². The van der Waals surface area contributed by atoms with Gasteiger partial charge < -0.3 is 9.30 Å². The number of hydrogen-bond acceptors (Lipinski definition) is 2. The Bertz CT molecular complexity index is 965. The van der Waals surface area contributed by atoms with Crippen LogP contribution in [0.25, 0.3) is 10.9 Å². The molecule has 0 unspecified atom stereocenters. The molecular weight excluding hydrogens is 404 g/mol. The molecule has 130 valence electrons. The Balaban J connectivity index is 2.15. The first-order valence-electron chi connectivity index (χ1n) is 7.50. The molecular formula is C18H13Cl4NO2. The first-order chi connectivity index (χ1) is 11.9. The zero-order valence-electron chi connectivity index (χ0n) is 13.2. The van der Waals surface area contributed by atoms with E-state index in [2.05, 4.69) is 0 Å². The minimum Gasteiger partial charge on any atom is -0.461 e. The number of rotatable bonds is 4. The number of esters is 1. The largest absolute Gasteiger partial charge is 0.461 e. The van der Waals surface area contributed by atoms with Crippen molar-refractivity contribution in [2.24, 2.45) is 0 Å². The second-order valence-electron chi connectivity index (χ2n) is 5.41. The van der Waals surface area contributed by atoms with E-state index in [1.54, 1.807) is 37.3 Å². The van der Waals surface area contributed by atoms with Crippen LogP contribution in [0.3, 0.4) is 0 Å². The molecule has 0 aliphatic carbocycles. The molecule has 0 N–H and O–H groups in total. The normalized spacial score (nSPS) is 11.1. The third-order valence-corrected chi connectivity index (χ3v) is 5.21. The van der Waals surface area contributed by atoms with Crippen LogP contribution in [-0.4, -0.2) is 17.1 Å². The monoisotopic (exact) mass is 415 g/mol. The van der Waals surface area contributed by atoms with Crippen molar-refractivity contribution in [2.45, 2.75) is 13.5 Å². The van der Waals surface area contributed by atoms with Gasteiger partial charge in [0.15, 0.2) is 0 Å². The average molecular weight is 417 g/mol. The summed E-state index contributed by atoms with van der Waals surface area (Å²) in [6, 6.07) is 10.5. The molecule has 0 amide bonds. The van der Waals surface area contributed by atoms with E-state index in [0.29, 0.717) is 32.3 Å². The smallest absolute Gasteiger partial charge is 0.354 e. The van der Waals surface area contributed by atoms with Crippen LogP contribution in [0.5, 0.6) is 0 Å². The first-order valence-corrected chi connectivity index (χ1v) is 9.01. The van der Waals surface area contributed by atoms with Gasteiger partial charge >= 0.3 is 5.97 Å². The zero-order valence-corrected chi connectivity index (χ0v) is 16.2. The van der Waals surface area contributed by atoms with Gasteiger partial charge in [0.25, 0.3) is 0 Å². The third-order valence-electron chi connectivity index (χ3n) is 3.75. The van der Waals surface area contributed by atoms with Gasteiger partial charge in [-0.1, -0.05) is 52.5 Å². The van der Waals surface area contributed by atoms with Crippen LogP contribution in [0.2, 0.25) is 20.1 Å². The fourth-order valence-electron chi connectivity index (χ4n) is 2.62. The number of aromatic nitrogens is 1. The summed E-state index contributed by atoms with van der Waals surface area (Å²) in [5.41, 5.74) is 2.09. The van der Waals surface area contributed by atoms with Gasteiger partial charge in [0.05, 0.1) is 32.2 Å². The molecule has 0 atom stereocenters. The molecule has 0 bridgehead atoms. The van der Waals surface area contributed by atoms with E-state index < -0.39 is 5.97 Å². The number of benzene rings is 2. The van der Waals surface area contributed by atoms with Crippen molar-refractivity contribution in [1.82, 2.24) is 4.57 Å². The standard InChI is InChI=1S/C18H13Cl4NO2/c1-2-25-18(24)17-7-11-6-14(21)15(22)8-16(11)23(17)9-10-3-4-12(19)13(20)5-10/h3-8H,2,9H2,1H3. The summed E-state index contributed by atoms with van der Waals surface area (Å²) in [5, 5.41) is 2.57. The van der Waals surface area contributed by atoms with Gasteiger partial charge in [0.1, 0.15) is 5.69 Å². The molecule has 3 nitrogen and oxygen atoms in total. The number of carbonyl (C=O) groups is 1. The highest BCUT2D eigenvalue weighted by Crippen LogP contribution is 2.31. The fourth-order valence-corrected chi connectivity index (χ4v) is 3.27. The highest BCUT2D eigenvalue weighted by molar-refractivity contribution is 6.43. The maximum atomic E-state index is 12.4. The summed E-state index contributed by atoms with van der Waals surface area (Å²) >= 11 is 24.3. The number of fused-ring (bicyclic) bond motifs is 1. The van der Waals surface area contributed by atoms with E-state index >= 15 is 0 Å². The number of ether oxygens (including phenoxy) is 1. The number of hydrogen-bond donors (Lipinski definition) is 0. The molecule has 0 aliphatic rings. The van der Waals surface area contributed by atoms with Crippen LogP contribution in [0.15, 0.2) is 36.4 Å². The highest BCUT2D eigenvalue weighted by Gasteiger charge is 2.18. The van der Waals surface area contributed by atoms with Gasteiger partial charge in [-0.2, -0.15) is 0 Å². The van der Waals surface area contributed by atoms with Crippen molar-refractivity contribution in [3.63, 3.8) is 0 Å². The Morgan fingerprint density at radius 1 is 0.960 bits per heavy atom. The zero-order chi connectivity index (χ0) is 18.1. The van der Waals surface area contributed by atoms with Crippen LogP contribution in [0.1, 0.15) is 23.0 Å². The Morgan fingerprint density at radius 2 is 1.64 bits per heavy atom. The van der Waals surface area contributed by atoms with Crippen LogP contribution in [-0.2, 0) is 11.3 Å². The number of nitrogens with zero attached hydrogens (tertiary/aromatic N) is 1. The summed E-state index contributed by atoms with van der Waals surface area (Å²) in [6.07, 6.45) is 0. The molecule has 0 saturated heterocycles. The van der Waals surface area contributed by atoms with Crippen molar-refractivity contribution < 1.29 is 9.53 Å². The Morgan fingerprint density at radius 3 is 2.32 bits per heavy atom. The molecule has 0 saturated carbocycles. The summed E-state index contributed by atoms with van der Waals surface area (Å²) in [5.74, 6) is -0.411. The highest BCUT2D eigenvalue weighted by atomic mass is 35.5. The summed E-state index contributed by atoms with van der Waals surface area (Å²) in [7, 11) is 0. The quantitative estimate of drug-likeness (QED) is 0.455. The number of carbonyl (C=O) groups excluding carboxylic acids is 1. The van der Waals surface area contributed by atoms with Gasteiger partial charge in [-0.05, 0) is 42.8 Å². The van der Waals surface area contributed by atoms with Gasteiger partial charge in [-0.15, -0.1) is 0 Å². The summed E-state index contributed by atoms with van der Waals surface area (Å²) < 4.78 is 6.99. The maximum Gasteiger partial charge on any atom is 0.354 e. The predicted molar refractivity (Wildman–Crippen MR) is 103 cm³/mol. The Kier molecular flexibility index (Phi) is 5.49. The molecule has 0 radical (unpaired) electrons. The lowest BCUT2D eigenvalue weighted by Crippen LogP contribution is -2.12. The van der Waals surface area contributed by atoms with Gasteiger partial charge in [0, 0.05) is 11.9 Å². The topological polar surface area (TPSA) is 31.2 Å². The molecule has 1 heterocycles. The summed E-state index contributed by atoms with van der Waals surface area (Å²) in [4.78, 5) is 12.4. The summed E-state index contributed by atoms with van der Waals surface area (Å²) in [6.45, 7) is 2.46. The predicted octanol–water partition coefficient (Wildman–Crippen LogP) is 6.48. The molecule has 3 rings (SSSR count). The molecule has 0 spiro atoms. The molecule has 1 aromatic heterocycles. The second kappa shape index (κ2) is 7.46. The van der Waals surface area contributed by atoms with Crippen LogP contribution in [0.4, 0.5) is 0 Å². The number of halogens is 4. The molecule has 25 heavy (non-hydrogen) atoms. The third kappa shape index (κ3) is 3.75. The van der Waals surface area contributed by atoms with E-state index in [1.165, 1.54) is 0 Å². The van der Waals surface area contributed by atoms with Crippen molar-refractivity contribution in [3.8, 4) is 0 Å². The van der Waals surface area contributed by atoms with Gasteiger partial charge in [0.2, 0.25) is 0 Å². The van der Waals surface area contributed by atoms with Crippen LogP contribution in [0, 0.1) is 0 Å². The second-order valence-corrected chi connectivity index (χ2v) is 7.04. The lowest BCUT2D eigenvalue weighted by Gasteiger charge is -2.11. The molecule has 0 aliphatic heterocycles. The van der Waals surface area contributed by atoms with Gasteiger partial charge in [-0.3, -0.25) is 0 Å². The minimum absolute atomic E-state index is 0.286. The molecule has 2 aromatic carbocycles. The maximum absolute atomic E-state index is 12.4.